The molecule has 0 aromatic carbocycles. The first kappa shape index (κ1) is 14.0. The quantitative estimate of drug-likeness (QED) is 0.473. The van der Waals surface area contributed by atoms with Crippen LogP contribution in [-0.2, 0) is 19.1 Å². The van der Waals surface area contributed by atoms with Gasteiger partial charge in [-0.1, -0.05) is 0 Å². The molecule has 0 aliphatic carbocycles. The Morgan fingerprint density at radius 1 is 1.50 bits per heavy atom. The van der Waals surface area contributed by atoms with Crippen molar-refractivity contribution in [3.8, 4) is 12.3 Å². The van der Waals surface area contributed by atoms with Crippen LogP contribution in [0.15, 0.2) is 0 Å². The number of aliphatic carboxylic acids is 1. The second-order valence-corrected chi connectivity index (χ2v) is 2.94. The summed E-state index contributed by atoms with van der Waals surface area (Å²) in [6.45, 7) is 0. The molecule has 0 rings (SSSR count). The molecule has 0 aliphatic rings. The average molecular weight is 227 g/mol. The lowest BCUT2D eigenvalue weighted by Crippen LogP contribution is -2.42. The Kier molecular flexibility index (Phi) is 6.36. The Balaban J connectivity index is 4.24. The molecular weight excluding hydrogens is 214 g/mol. The molecule has 0 spiro atoms. The highest BCUT2D eigenvalue weighted by Gasteiger charge is 2.23. The number of amides is 1. The Bertz CT molecular complexity index is 318. The van der Waals surface area contributed by atoms with E-state index in [1.54, 1.807) is 0 Å². The number of nitrogens with one attached hydrogen (secondary N) is 1. The number of hydrogen-bond acceptors (Lipinski definition) is 4. The third kappa shape index (κ3) is 5.65. The van der Waals surface area contributed by atoms with E-state index in [-0.39, 0.29) is 12.8 Å². The second kappa shape index (κ2) is 7.29. The molecule has 0 bridgehead atoms. The van der Waals surface area contributed by atoms with Crippen molar-refractivity contribution in [2.75, 3.05) is 7.11 Å². The van der Waals surface area contributed by atoms with Crippen molar-refractivity contribution in [3.05, 3.63) is 0 Å². The number of terminal acetylenes is 1. The maximum absolute atomic E-state index is 11.2. The summed E-state index contributed by atoms with van der Waals surface area (Å²) in [7, 11) is 1.14. The Morgan fingerprint density at radius 2 is 2.12 bits per heavy atom. The molecule has 0 aliphatic heterocycles. The molecular formula is C10H13NO5. The van der Waals surface area contributed by atoms with Gasteiger partial charge in [0.25, 0.3) is 0 Å². The number of carbonyl (C=O) groups is 3. The van der Waals surface area contributed by atoms with E-state index in [0.29, 0.717) is 0 Å². The summed E-state index contributed by atoms with van der Waals surface area (Å²) in [5.74, 6) is -0.248. The van der Waals surface area contributed by atoms with Crippen LogP contribution in [-0.4, -0.2) is 36.1 Å². The van der Waals surface area contributed by atoms with Crippen molar-refractivity contribution < 1.29 is 24.2 Å². The van der Waals surface area contributed by atoms with Crippen LogP contribution in [0.2, 0.25) is 0 Å². The highest BCUT2D eigenvalue weighted by atomic mass is 16.5. The number of ether oxygens (including phenoxy) is 1. The van der Waals surface area contributed by atoms with Gasteiger partial charge < -0.3 is 15.2 Å². The third-order valence-electron chi connectivity index (χ3n) is 1.73. The van der Waals surface area contributed by atoms with Crippen LogP contribution in [0.25, 0.3) is 0 Å². The van der Waals surface area contributed by atoms with Gasteiger partial charge in [-0.05, 0) is 0 Å². The minimum atomic E-state index is -1.29. The molecule has 88 valence electrons. The fourth-order valence-corrected chi connectivity index (χ4v) is 0.902. The molecule has 6 heteroatoms. The maximum Gasteiger partial charge on any atom is 0.326 e. The van der Waals surface area contributed by atoms with Gasteiger partial charge >= 0.3 is 11.9 Å². The number of methoxy groups -OCH3 is 1. The molecule has 0 fully saturated rings. The molecule has 0 unspecified atom stereocenters. The zero-order valence-corrected chi connectivity index (χ0v) is 8.86. The zero-order valence-electron chi connectivity index (χ0n) is 8.86. The van der Waals surface area contributed by atoms with Gasteiger partial charge in [0, 0.05) is 12.8 Å². The highest BCUT2D eigenvalue weighted by molar-refractivity contribution is 5.87. The molecule has 0 radical (unpaired) electrons. The number of carboxylic acids is 1. The molecule has 1 amide bonds. The molecule has 0 aromatic rings. The molecule has 0 saturated carbocycles. The van der Waals surface area contributed by atoms with Crippen LogP contribution < -0.4 is 5.32 Å². The van der Waals surface area contributed by atoms with E-state index < -0.39 is 30.3 Å². The monoisotopic (exact) mass is 227 g/mol. The fraction of sp³-hybridized carbons (Fsp3) is 0.500. The molecule has 6 nitrogen and oxygen atoms in total. The molecule has 16 heavy (non-hydrogen) atoms. The summed E-state index contributed by atoms with van der Waals surface area (Å²) in [5.41, 5.74) is 0. The van der Waals surface area contributed by atoms with E-state index in [0.717, 1.165) is 7.11 Å². The minimum Gasteiger partial charge on any atom is -0.480 e. The zero-order chi connectivity index (χ0) is 12.6. The van der Waals surface area contributed by atoms with Crippen LogP contribution in [0.5, 0.6) is 0 Å². The van der Waals surface area contributed by atoms with E-state index in [2.05, 4.69) is 16.0 Å². The van der Waals surface area contributed by atoms with E-state index in [1.165, 1.54) is 0 Å². The number of carboxylic acid groups (broad SMARTS) is 1. The van der Waals surface area contributed by atoms with Gasteiger partial charge in [0.2, 0.25) is 5.91 Å². The number of hydrogen-bond donors (Lipinski definition) is 2. The predicted octanol–water partition coefficient (Wildman–Crippen LogP) is -0.468. The maximum atomic E-state index is 11.2. The van der Waals surface area contributed by atoms with Gasteiger partial charge in [0.05, 0.1) is 13.5 Å². The van der Waals surface area contributed by atoms with Crippen LogP contribution in [0.1, 0.15) is 19.3 Å². The number of esters is 1. The number of carbonyl (C=O) groups excluding carboxylic acids is 2. The Hall–Kier alpha value is -2.03. The van der Waals surface area contributed by atoms with Gasteiger partial charge in [-0.25, -0.2) is 4.79 Å². The molecule has 0 saturated heterocycles. The lowest BCUT2D eigenvalue weighted by molar-refractivity contribution is -0.148. The van der Waals surface area contributed by atoms with Crippen molar-refractivity contribution in [2.45, 2.75) is 25.3 Å². The number of rotatable bonds is 6. The first-order valence-corrected chi connectivity index (χ1v) is 4.53. The lowest BCUT2D eigenvalue weighted by Gasteiger charge is -2.12. The van der Waals surface area contributed by atoms with Crippen molar-refractivity contribution in [1.29, 1.82) is 0 Å². The van der Waals surface area contributed by atoms with Crippen LogP contribution in [0.3, 0.4) is 0 Å². The van der Waals surface area contributed by atoms with Gasteiger partial charge in [-0.3, -0.25) is 9.59 Å². The normalized spacial score (nSPS) is 11.0. The van der Waals surface area contributed by atoms with Crippen molar-refractivity contribution in [3.63, 3.8) is 0 Å². The molecule has 2 N–H and O–H groups in total. The Labute approximate surface area is 93.0 Å². The van der Waals surface area contributed by atoms with E-state index >= 15 is 0 Å². The van der Waals surface area contributed by atoms with Gasteiger partial charge in [-0.2, -0.15) is 0 Å². The lowest BCUT2D eigenvalue weighted by atomic mass is 10.2. The standard InChI is InChI=1S/C10H13NO5/c1-3-4-5-8(12)11-7(10(14)15)6-9(13)16-2/h1,7H,4-6H2,2H3,(H,11,12)(H,14,15)/t7-/m0/s1. The third-order valence-corrected chi connectivity index (χ3v) is 1.73. The van der Waals surface area contributed by atoms with E-state index in [1.807, 2.05) is 0 Å². The summed E-state index contributed by atoms with van der Waals surface area (Å²) in [5, 5.41) is 10.9. The van der Waals surface area contributed by atoms with Crippen LogP contribution >= 0.6 is 0 Å². The predicted molar refractivity (Wildman–Crippen MR) is 54.3 cm³/mol. The van der Waals surface area contributed by atoms with Gasteiger partial charge in [0.1, 0.15) is 6.04 Å². The van der Waals surface area contributed by atoms with Crippen molar-refractivity contribution in [1.82, 2.24) is 5.32 Å². The topological polar surface area (TPSA) is 92.7 Å². The second-order valence-electron chi connectivity index (χ2n) is 2.94. The fourth-order valence-electron chi connectivity index (χ4n) is 0.902. The molecule has 0 heterocycles. The van der Waals surface area contributed by atoms with Gasteiger partial charge in [-0.15, -0.1) is 12.3 Å². The summed E-state index contributed by atoms with van der Waals surface area (Å²) in [4.78, 5) is 32.7. The van der Waals surface area contributed by atoms with Crippen molar-refractivity contribution in [2.24, 2.45) is 0 Å². The first-order chi connectivity index (χ1) is 7.51. The minimum absolute atomic E-state index is 0.0292. The van der Waals surface area contributed by atoms with Gasteiger partial charge in [0.15, 0.2) is 0 Å². The largest absolute Gasteiger partial charge is 0.480 e. The SMILES string of the molecule is C#CCCC(=O)N[C@@H](CC(=O)OC)C(=O)O. The Morgan fingerprint density at radius 3 is 2.56 bits per heavy atom. The van der Waals surface area contributed by atoms with Crippen molar-refractivity contribution >= 4 is 17.8 Å². The first-order valence-electron chi connectivity index (χ1n) is 4.53. The average Bonchev–Trinajstić information content (AvgIpc) is 2.24. The molecule has 0 aromatic heterocycles. The smallest absolute Gasteiger partial charge is 0.326 e. The van der Waals surface area contributed by atoms with E-state index in [4.69, 9.17) is 11.5 Å². The molecule has 1 atom stereocenters. The van der Waals surface area contributed by atoms with Crippen LogP contribution in [0.4, 0.5) is 0 Å². The summed E-state index contributed by atoms with van der Waals surface area (Å²) in [6.07, 6.45) is 4.79. The summed E-state index contributed by atoms with van der Waals surface area (Å²) in [6, 6.07) is -1.28. The van der Waals surface area contributed by atoms with E-state index in [9.17, 15) is 14.4 Å². The highest BCUT2D eigenvalue weighted by Crippen LogP contribution is 1.97. The summed E-state index contributed by atoms with van der Waals surface area (Å²) >= 11 is 0. The summed E-state index contributed by atoms with van der Waals surface area (Å²) < 4.78 is 4.31. The van der Waals surface area contributed by atoms with Crippen LogP contribution in [0, 0.1) is 12.3 Å².